The molecule has 1 fully saturated rings. The minimum Gasteiger partial charge on any atom is -0.468 e. The number of benzene rings is 11. The van der Waals surface area contributed by atoms with E-state index in [1.165, 1.54) is 68.3 Å². The summed E-state index contributed by atoms with van der Waals surface area (Å²) in [4.78, 5) is 105. The minimum absolute atomic E-state index is 0.0249. The third kappa shape index (κ3) is 37.9. The molecule has 0 radical (unpaired) electrons. The number of ether oxygens (including phenoxy) is 4. The lowest BCUT2D eigenvalue weighted by Crippen LogP contribution is -2.12. The van der Waals surface area contributed by atoms with Crippen LogP contribution in [0.15, 0.2) is 335 Å². The zero-order valence-electron chi connectivity index (χ0n) is 62.7. The molecule has 1 heterocycles. The number of fused-ring (bicyclic) bond motifs is 2. The van der Waals surface area contributed by atoms with Gasteiger partial charge in [0.05, 0.1) is 42.5 Å². The molecule has 0 unspecified atom stereocenters. The fourth-order valence-electron chi connectivity index (χ4n) is 10.5. The van der Waals surface area contributed by atoms with Crippen molar-refractivity contribution in [2.24, 2.45) is 0 Å². The second-order valence-electron chi connectivity index (χ2n) is 24.5. The predicted molar refractivity (Wildman–Crippen MR) is 456 cm³/mol. The SMILES string of the molecule is Fc1ccccc1.O=C1CCC(=O)O1.O=C1CCCc2ccc(S(=O)(=O)c3ccccc3)cc21.O=C1CCCc2ccc(Sc3ccccc3)cc21.O=COCCC(=O)c1ccc(F)cc1.O=COCCC(=O)c1ccc(Sc2ccccc2)cc1.O=COCCCc1ccc(Sc2ccccc2)cc1.Sc1ccccc1.[Cl][Al]([Cl])[Cl]. The molecule has 0 amide bonds. The highest BCUT2D eigenvalue weighted by Gasteiger charge is 2.24. The first kappa shape index (κ1) is 95.1. The molecule has 11 aromatic carbocycles. The van der Waals surface area contributed by atoms with Gasteiger partial charge in [0.1, 0.15) is 11.6 Å². The normalized spacial score (nSPS) is 11.8. The van der Waals surface area contributed by atoms with Gasteiger partial charge in [-0.2, -0.15) is 0 Å². The Kier molecular flexibility index (Phi) is 45.1. The van der Waals surface area contributed by atoms with E-state index < -0.39 is 33.2 Å². The van der Waals surface area contributed by atoms with Gasteiger partial charge in [-0.1, -0.05) is 181 Å². The number of esters is 2. The van der Waals surface area contributed by atoms with Crippen LogP contribution in [0.3, 0.4) is 0 Å². The van der Waals surface area contributed by atoms with Crippen LogP contribution in [0.5, 0.6) is 0 Å². The van der Waals surface area contributed by atoms with Gasteiger partial charge in [0.25, 0.3) is 19.4 Å². The van der Waals surface area contributed by atoms with Crippen LogP contribution in [-0.4, -0.2) is 94.1 Å². The first-order valence-electron chi connectivity index (χ1n) is 36.2. The van der Waals surface area contributed by atoms with Gasteiger partial charge in [0.15, 0.2) is 23.1 Å². The Morgan fingerprint density at radius 1 is 0.414 bits per heavy atom. The monoisotopic (exact) mass is 1730 g/mol. The summed E-state index contributed by atoms with van der Waals surface area (Å²) in [7, 11) is 11.3. The molecule has 14 rings (SSSR count). The average molecular weight is 1740 g/mol. The summed E-state index contributed by atoms with van der Waals surface area (Å²) in [6.07, 6.45) is 7.58. The maximum absolute atomic E-state index is 12.5. The van der Waals surface area contributed by atoms with Gasteiger partial charge < -0.3 is 18.9 Å². The first-order valence-corrected chi connectivity index (χ1v) is 45.8. The number of sulfone groups is 1. The molecule has 0 aromatic heterocycles. The van der Waals surface area contributed by atoms with Gasteiger partial charge in [-0.15, -0.1) is 12.6 Å². The molecule has 2 aliphatic carbocycles. The highest BCUT2D eigenvalue weighted by Crippen LogP contribution is 2.33. The molecule has 0 atom stereocenters. The molecule has 0 bridgehead atoms. The Morgan fingerprint density at radius 2 is 0.767 bits per heavy atom. The van der Waals surface area contributed by atoms with Crippen LogP contribution in [0, 0.1) is 11.6 Å². The summed E-state index contributed by atoms with van der Waals surface area (Å²) < 4.78 is 67.1. The van der Waals surface area contributed by atoms with Gasteiger partial charge in [-0.3, -0.25) is 43.2 Å². The van der Waals surface area contributed by atoms with Crippen molar-refractivity contribution in [3.05, 3.63) is 342 Å². The van der Waals surface area contributed by atoms with E-state index >= 15 is 0 Å². The third-order valence-corrected chi connectivity index (χ3v) is 21.2. The number of Topliss-reactive ketones (excluding diaryl/α,β-unsaturated/α-hetero) is 4. The summed E-state index contributed by atoms with van der Waals surface area (Å²) in [5.74, 6) is -1.22. The number of aryl methyl sites for hydroxylation is 3. The second-order valence-corrected chi connectivity index (χ2v) is 36.8. The Balaban J connectivity index is 0.000000210. The number of ketones is 4. The van der Waals surface area contributed by atoms with E-state index in [4.69, 9.17) is 30.1 Å². The Hall–Kier alpha value is -9.74. The van der Waals surface area contributed by atoms with Crippen LogP contribution >= 0.6 is 78.1 Å². The predicted octanol–water partition coefficient (Wildman–Crippen LogP) is 21.8. The van der Waals surface area contributed by atoms with Crippen LogP contribution in [0.1, 0.15) is 116 Å². The van der Waals surface area contributed by atoms with Crippen molar-refractivity contribution in [3.8, 4) is 0 Å². The summed E-state index contributed by atoms with van der Waals surface area (Å²) >= 11 is 7.48. The lowest BCUT2D eigenvalue weighted by molar-refractivity contribution is -0.152. The number of hydrogen-bond acceptors (Lipinski definition) is 19. The number of thiol groups is 1. The van der Waals surface area contributed by atoms with E-state index in [2.05, 4.69) is 98.3 Å². The summed E-state index contributed by atoms with van der Waals surface area (Å²) in [6.45, 7) is 1.82. The van der Waals surface area contributed by atoms with Crippen molar-refractivity contribution in [2.45, 2.75) is 121 Å². The maximum Gasteiger partial charge on any atom is 0.643 e. The van der Waals surface area contributed by atoms with Crippen molar-refractivity contribution in [2.75, 3.05) is 19.8 Å². The van der Waals surface area contributed by atoms with E-state index in [-0.39, 0.29) is 84.1 Å². The number of carbonyl (C=O) groups excluding carboxylic acids is 9. The van der Waals surface area contributed by atoms with Crippen LogP contribution in [0.25, 0.3) is 0 Å². The minimum atomic E-state index is -3.55. The van der Waals surface area contributed by atoms with Gasteiger partial charge in [0.2, 0.25) is 9.84 Å². The van der Waals surface area contributed by atoms with Crippen molar-refractivity contribution in [1.82, 2.24) is 0 Å². The molecule has 1 aliphatic heterocycles. The zero-order valence-corrected chi connectivity index (χ0v) is 70.3. The second kappa shape index (κ2) is 55.0. The van der Waals surface area contributed by atoms with E-state index in [9.17, 15) is 60.3 Å². The lowest BCUT2D eigenvalue weighted by Gasteiger charge is -2.15. The number of cyclic esters (lactones) is 2. The van der Waals surface area contributed by atoms with Gasteiger partial charge >= 0.3 is 23.3 Å². The van der Waals surface area contributed by atoms with Gasteiger partial charge in [-0.25, -0.2) is 47.3 Å². The Labute approximate surface area is 709 Å². The maximum atomic E-state index is 12.5. The molecular formula is C90H82AlCl3F2O15S5. The van der Waals surface area contributed by atoms with E-state index in [0.717, 1.165) is 69.2 Å². The topological polar surface area (TPSA) is 225 Å². The standard InChI is InChI=1S/2C16H14O3S.C16H16O2S.C16H14OS.C10H9FO3.C6H5F.C6H6S.C4H4O3.Al.3ClH/c17-16-8-4-5-12-9-10-14(11-15(12)16)20(18,19)13-6-2-1-3-7-13;17-12-19-11-10-16(18)13-6-8-15(9-7-13)20-14-4-2-1-3-5-14;17-13-18-12-4-5-14-8-10-16(11-9-14)19-15-6-2-1-3-7-15;17-16-8-4-5-12-9-10-14(11-15(12)16)18-13-6-2-1-3-7-13;11-9-3-1-8(2-4-9)10(13)5-6-14-7-12;2*7-6-4-2-1-3-5-6;5-3-1-2-4(6)7-3;;;;/h1-3,6-7,9-11H,4-5,8H2;1-9,12H,10-11H2;1-3,6-11,13H,4-5,12H2;1-3,6-7,9-11H,4-5,8H2;1-4,7H,5-6H2;1-5H;1-5,7H;1-2H2;;3*1H/q;;;;;;;;+3;;;/p-3. The molecule has 0 spiro atoms. The number of rotatable bonds is 23. The number of hydrogen-bond donors (Lipinski definition) is 1. The fourth-order valence-corrected chi connectivity index (χ4v) is 14.5. The van der Waals surface area contributed by atoms with E-state index in [0.29, 0.717) is 54.9 Å². The molecule has 0 saturated carbocycles. The fraction of sp³-hybridized carbons (Fsp3) is 0.167. The smallest absolute Gasteiger partial charge is 0.468 e. The van der Waals surface area contributed by atoms with E-state index in [1.54, 1.807) is 108 Å². The highest BCUT2D eigenvalue weighted by atomic mass is 35.8. The van der Waals surface area contributed by atoms with Gasteiger partial charge in [-0.05, 0) is 201 Å². The van der Waals surface area contributed by atoms with Crippen LogP contribution in [0.2, 0.25) is 0 Å². The highest BCUT2D eigenvalue weighted by molar-refractivity contribution is 8.00. The Morgan fingerprint density at radius 3 is 1.16 bits per heavy atom. The molecule has 116 heavy (non-hydrogen) atoms. The molecule has 0 N–H and O–H groups in total. The zero-order chi connectivity index (χ0) is 83.6. The van der Waals surface area contributed by atoms with E-state index in [1.807, 2.05) is 109 Å². The molecule has 3 aliphatic rings. The third-order valence-electron chi connectivity index (χ3n) is 16.1. The quantitative estimate of drug-likeness (QED) is 0.00918. The van der Waals surface area contributed by atoms with Crippen molar-refractivity contribution < 1.29 is 79.3 Å². The average Bonchev–Trinajstić information content (AvgIpc) is 1.000. The van der Waals surface area contributed by atoms with Crippen LogP contribution < -0.4 is 0 Å². The largest absolute Gasteiger partial charge is 0.643 e. The van der Waals surface area contributed by atoms with Crippen LogP contribution in [-0.2, 0) is 72.0 Å². The molecule has 15 nitrogen and oxygen atoms in total. The van der Waals surface area contributed by atoms with Crippen molar-refractivity contribution in [1.29, 1.82) is 0 Å². The molecule has 600 valence electrons. The lowest BCUT2D eigenvalue weighted by atomic mass is 9.91. The summed E-state index contributed by atoms with van der Waals surface area (Å²) in [6, 6.07) is 89.0. The first-order chi connectivity index (χ1) is 56.1. The number of halogens is 5. The van der Waals surface area contributed by atoms with Gasteiger partial charge in [0, 0.05) is 82.2 Å². The summed E-state index contributed by atoms with van der Waals surface area (Å²) in [5.41, 5.74) is 5.98. The number of carbonyl (C=O) groups is 9. The molecule has 11 aromatic rings. The Bertz CT molecular complexity index is 4890. The van der Waals surface area contributed by atoms with Crippen molar-refractivity contribution >= 4 is 154 Å². The molecular weight excluding hydrogens is 1650 g/mol. The molecule has 1 saturated heterocycles. The van der Waals surface area contributed by atoms with Crippen molar-refractivity contribution in [3.63, 3.8) is 0 Å². The molecule has 26 heteroatoms. The van der Waals surface area contributed by atoms with Crippen LogP contribution in [0.4, 0.5) is 8.78 Å². The summed E-state index contributed by atoms with van der Waals surface area (Å²) in [5, 5.41) is 0.